The van der Waals surface area contributed by atoms with E-state index < -0.39 is 138 Å². The number of nitrogens with zero attached hydrogens (tertiary/aromatic N) is 3. The number of phenolic OH excluding ortho intramolecular Hbond substituents is 1. The zero-order valence-electron chi connectivity index (χ0n) is 53.7. The van der Waals surface area contributed by atoms with E-state index in [4.69, 9.17) is 16.2 Å². The fraction of sp³-hybridized carbons (Fsp3) is 0.508. The van der Waals surface area contributed by atoms with Crippen LogP contribution in [0.1, 0.15) is 103 Å². The van der Waals surface area contributed by atoms with E-state index in [1.54, 1.807) is 65.1 Å². The van der Waals surface area contributed by atoms with E-state index in [0.717, 1.165) is 0 Å². The third-order valence-electron chi connectivity index (χ3n) is 15.2. The molecule has 4 heterocycles. The second-order valence-electron chi connectivity index (χ2n) is 24.4. The monoisotopic (exact) mass is 1330 g/mol. The number of likely N-dealkylation sites (tertiary alicyclic amines) is 1. The van der Waals surface area contributed by atoms with Crippen molar-refractivity contribution in [3.63, 3.8) is 0 Å². The molecule has 2 saturated heterocycles. The zero-order chi connectivity index (χ0) is 69.5. The number of hydrazine groups is 2. The van der Waals surface area contributed by atoms with Gasteiger partial charge >= 0.3 is 6.03 Å². The lowest BCUT2D eigenvalue weighted by Gasteiger charge is -2.31. The fourth-order valence-electron chi connectivity index (χ4n) is 10.4. The maximum absolute atomic E-state index is 14.8. The van der Waals surface area contributed by atoms with Gasteiger partial charge in [-0.1, -0.05) is 44.2 Å². The molecule has 13 amide bonds. The Hall–Kier alpha value is -10.4. The summed E-state index contributed by atoms with van der Waals surface area (Å²) < 4.78 is 6.04. The number of imidazole rings is 1. The molecule has 0 saturated carbocycles. The largest absolute Gasteiger partial charge is 0.508 e. The van der Waals surface area contributed by atoms with E-state index in [2.05, 4.69) is 78.8 Å². The zero-order valence-corrected chi connectivity index (χ0v) is 53.7. The lowest BCUT2D eigenvalue weighted by Crippen LogP contribution is -2.62. The molecule has 2 fully saturated rings. The van der Waals surface area contributed by atoms with Crippen LogP contribution in [-0.4, -0.2) is 193 Å². The van der Waals surface area contributed by atoms with Gasteiger partial charge in [-0.25, -0.2) is 15.2 Å². The molecule has 4 aromatic rings. The average Bonchev–Trinajstić information content (AvgIpc) is 1.76. The molecular formula is C61H87N19O15. The number of fused-ring (bicyclic) bond motifs is 1. The number of phenols is 1. The van der Waals surface area contributed by atoms with E-state index in [1.165, 1.54) is 48.6 Å². The number of carbonyl (C=O) groups excluding carboxylic acids is 12. The number of amides is 13. The minimum atomic E-state index is -1.81. The van der Waals surface area contributed by atoms with E-state index in [1.807, 2.05) is 5.43 Å². The Morgan fingerprint density at radius 2 is 1.33 bits per heavy atom. The third kappa shape index (κ3) is 23.3. The van der Waals surface area contributed by atoms with Gasteiger partial charge in [0.05, 0.1) is 25.1 Å². The first-order valence-corrected chi connectivity index (χ1v) is 31.0. The SMILES string of the molecule is CC(=O)NNC(N)=NCCC[C@H](NC(=O)[C@H](CC(C)C)NC(=O)[C@@H](COC(C)(C)C)NC(=O)[C@H](Cc1ccc(O)cc1)NC(=O)[C@H](CO)NC(=O)[C@H](Cc1c[nH]c2ccccc12)NC(=O)[C@H](Cc1cnc[nH]1)NC(=O)[C@@H]1CCC(=O)N1)C(=O)N1CCC[C@H]1C(=O)NNC(N)=O. The van der Waals surface area contributed by atoms with Gasteiger partial charge in [0.25, 0.3) is 5.91 Å². The number of nitrogens with two attached hydrogens (primary N) is 2. The van der Waals surface area contributed by atoms with E-state index >= 15 is 0 Å². The van der Waals surface area contributed by atoms with Crippen LogP contribution >= 0.6 is 0 Å². The summed E-state index contributed by atoms with van der Waals surface area (Å²) in [6.07, 6.45) is 4.66. The molecule has 9 atom stereocenters. The number of primary amides is 1. The van der Waals surface area contributed by atoms with Crippen molar-refractivity contribution < 1.29 is 72.5 Å². The summed E-state index contributed by atoms with van der Waals surface area (Å²) in [5.41, 5.74) is 21.0. The molecule has 2 aromatic heterocycles. The van der Waals surface area contributed by atoms with Gasteiger partial charge in [-0.05, 0) is 94.5 Å². The Bertz CT molecular complexity index is 3390. The molecule has 516 valence electrons. The number of urea groups is 1. The summed E-state index contributed by atoms with van der Waals surface area (Å²) in [4.78, 5) is 179. The van der Waals surface area contributed by atoms with Crippen molar-refractivity contribution in [3.05, 3.63) is 84.1 Å². The molecule has 0 radical (unpaired) electrons. The predicted molar refractivity (Wildman–Crippen MR) is 341 cm³/mol. The highest BCUT2D eigenvalue weighted by molar-refractivity contribution is 6.00. The van der Waals surface area contributed by atoms with Crippen molar-refractivity contribution in [1.29, 1.82) is 0 Å². The van der Waals surface area contributed by atoms with Gasteiger partial charge in [0.1, 0.15) is 60.1 Å². The number of aliphatic hydroxyl groups is 1. The van der Waals surface area contributed by atoms with Gasteiger partial charge in [0.15, 0.2) is 0 Å². The van der Waals surface area contributed by atoms with Crippen molar-refractivity contribution in [2.24, 2.45) is 22.4 Å². The van der Waals surface area contributed by atoms with Crippen LogP contribution in [0.25, 0.3) is 10.9 Å². The summed E-state index contributed by atoms with van der Waals surface area (Å²) in [6.45, 7) is 8.34. The Morgan fingerprint density at radius 1 is 0.716 bits per heavy atom. The lowest BCUT2D eigenvalue weighted by molar-refractivity contribution is -0.142. The van der Waals surface area contributed by atoms with Gasteiger partial charge in [0.2, 0.25) is 65.0 Å². The first kappa shape index (κ1) is 73.7. The lowest BCUT2D eigenvalue weighted by atomic mass is 10.0. The molecule has 0 spiro atoms. The van der Waals surface area contributed by atoms with Crippen LogP contribution in [0.15, 0.2) is 72.2 Å². The van der Waals surface area contributed by atoms with E-state index in [-0.39, 0.29) is 94.4 Å². The number of guanidine groups is 1. The number of carbonyl (C=O) groups is 12. The molecule has 95 heavy (non-hydrogen) atoms. The Balaban J connectivity index is 1.25. The summed E-state index contributed by atoms with van der Waals surface area (Å²) in [5.74, 6) is -9.17. The molecule has 0 unspecified atom stereocenters. The second kappa shape index (κ2) is 35.0. The standard InChI is InChI=1S/C61H87N19O15/c1-32(2)23-42(51(86)69-41(13-9-21-65-59(62)78-76-33(3)82)58(93)80-22-10-14-48(80)57(92)77-79-60(63)94)70-56(91)47(30-95-61(4,5)6)75-52(87)43(24-34-15-17-37(83)18-16-34)71-55(90)46(29-81)74-53(88)44(25-35-27-66-39-12-8-7-11-38(35)39)72-54(89)45(26-36-28-64-31-67-36)73-50(85)40-19-20-49(84)68-40/h7-8,11-12,15-18,27-28,31-32,40-48,66,81,83H,9-10,13-14,19-26,29-30H2,1-6H3,(H,64,67)(H,68,84)(H,69,86)(H,70,91)(H,71,90)(H,72,89)(H,73,85)(H,74,88)(H,75,87)(H,76,82)(H,77,92)(H3,62,65,78)(H3,63,79,94)/t40-,41-,42-,43-,44-,45-,46-,47+,48-/m0/s1. The number of hydrogen-bond donors (Lipinski definition) is 18. The Kier molecular flexibility index (Phi) is 27.2. The van der Waals surface area contributed by atoms with Crippen LogP contribution in [-0.2, 0) is 76.7 Å². The molecule has 2 aliphatic heterocycles. The highest BCUT2D eigenvalue weighted by atomic mass is 16.5. The molecular weight excluding hydrogens is 1240 g/mol. The third-order valence-corrected chi connectivity index (χ3v) is 15.2. The number of aromatic hydroxyl groups is 1. The number of rotatable bonds is 31. The molecule has 2 aliphatic rings. The summed E-state index contributed by atoms with van der Waals surface area (Å²) in [6, 6.07) is -0.973. The van der Waals surface area contributed by atoms with Crippen molar-refractivity contribution in [1.82, 2.24) is 84.1 Å². The van der Waals surface area contributed by atoms with Gasteiger partial charge in [-0.15, -0.1) is 0 Å². The number of H-pyrrole nitrogens is 2. The summed E-state index contributed by atoms with van der Waals surface area (Å²) >= 11 is 0. The van der Waals surface area contributed by atoms with Crippen LogP contribution in [0.5, 0.6) is 5.75 Å². The molecule has 34 nitrogen and oxygen atoms in total. The Labute approximate surface area is 546 Å². The molecule has 6 rings (SSSR count). The Morgan fingerprint density at radius 3 is 1.95 bits per heavy atom. The van der Waals surface area contributed by atoms with Crippen LogP contribution in [0.3, 0.4) is 0 Å². The van der Waals surface area contributed by atoms with Crippen molar-refractivity contribution in [3.8, 4) is 5.75 Å². The first-order chi connectivity index (χ1) is 45.1. The highest BCUT2D eigenvalue weighted by Crippen LogP contribution is 2.22. The summed E-state index contributed by atoms with van der Waals surface area (Å²) in [5, 5.41) is 42.8. The minimum absolute atomic E-state index is 0.00894. The number of aromatic amines is 2. The number of benzene rings is 2. The number of ether oxygens (including phenoxy) is 1. The van der Waals surface area contributed by atoms with Gasteiger partial charge < -0.3 is 83.8 Å². The second-order valence-corrected chi connectivity index (χ2v) is 24.4. The average molecular weight is 1330 g/mol. The normalized spacial score (nSPS) is 16.9. The van der Waals surface area contributed by atoms with Gasteiger partial charge in [-0.3, -0.25) is 74.0 Å². The van der Waals surface area contributed by atoms with Crippen LogP contribution in [0.2, 0.25) is 0 Å². The van der Waals surface area contributed by atoms with Crippen molar-refractivity contribution in [2.45, 2.75) is 166 Å². The minimum Gasteiger partial charge on any atom is -0.508 e. The number of para-hydroxylation sites is 1. The smallest absolute Gasteiger partial charge is 0.330 e. The summed E-state index contributed by atoms with van der Waals surface area (Å²) in [7, 11) is 0. The van der Waals surface area contributed by atoms with E-state index in [9.17, 15) is 67.7 Å². The molecule has 0 bridgehead atoms. The van der Waals surface area contributed by atoms with Crippen LogP contribution in [0, 0.1) is 5.92 Å². The van der Waals surface area contributed by atoms with Gasteiger partial charge in [0, 0.05) is 74.7 Å². The number of aliphatic imine (C=N–C) groups is 1. The number of aliphatic hydroxyl groups excluding tert-OH is 1. The molecule has 34 heteroatoms. The van der Waals surface area contributed by atoms with Crippen LogP contribution < -0.4 is 75.7 Å². The van der Waals surface area contributed by atoms with Crippen molar-refractivity contribution in [2.75, 3.05) is 26.3 Å². The van der Waals surface area contributed by atoms with E-state index in [0.29, 0.717) is 34.1 Å². The first-order valence-electron chi connectivity index (χ1n) is 31.0. The quantitative estimate of drug-likeness (QED) is 0.0101. The molecule has 20 N–H and O–H groups in total. The highest BCUT2D eigenvalue weighted by Gasteiger charge is 2.40. The maximum atomic E-state index is 14.8. The number of nitrogens with one attached hydrogen (secondary N) is 14. The fourth-order valence-corrected chi connectivity index (χ4v) is 10.4. The van der Waals surface area contributed by atoms with Crippen molar-refractivity contribution >= 4 is 87.9 Å². The number of hydrogen-bond acceptors (Lipinski definition) is 17. The van der Waals surface area contributed by atoms with Crippen LogP contribution in [0.4, 0.5) is 4.79 Å². The predicted octanol–water partition coefficient (Wildman–Crippen LogP) is -3.42. The number of aromatic nitrogens is 3. The molecule has 2 aromatic carbocycles. The maximum Gasteiger partial charge on any atom is 0.330 e. The van der Waals surface area contributed by atoms with Gasteiger partial charge in [-0.2, -0.15) is 0 Å². The molecule has 0 aliphatic carbocycles. The topological polar surface area (TPSA) is 511 Å².